The third kappa shape index (κ3) is 2.01. The Balaban J connectivity index is 2.55. The number of alkyl halides is 1. The van der Waals surface area contributed by atoms with Gasteiger partial charge in [-0.05, 0) is 12.1 Å². The molecule has 0 N–H and O–H groups in total. The van der Waals surface area contributed by atoms with Crippen molar-refractivity contribution in [3.8, 4) is 11.5 Å². The van der Waals surface area contributed by atoms with Gasteiger partial charge in [-0.3, -0.25) is 9.59 Å². The van der Waals surface area contributed by atoms with E-state index >= 15 is 0 Å². The first-order valence-electron chi connectivity index (χ1n) is 5.37. The molecule has 0 saturated heterocycles. The van der Waals surface area contributed by atoms with E-state index in [9.17, 15) is 14.0 Å². The van der Waals surface area contributed by atoms with E-state index in [0.29, 0.717) is 29.0 Å². The molecule has 0 saturated carbocycles. The highest BCUT2D eigenvalue weighted by Crippen LogP contribution is 2.41. The summed E-state index contributed by atoms with van der Waals surface area (Å²) < 4.78 is 22.9. The first kappa shape index (κ1) is 12.3. The fourth-order valence-electron chi connectivity index (χ4n) is 1.85. The van der Waals surface area contributed by atoms with Gasteiger partial charge in [0.05, 0.1) is 19.3 Å². The Morgan fingerprint density at radius 2 is 2.33 bits per heavy atom. The summed E-state index contributed by atoms with van der Waals surface area (Å²) in [7, 11) is 1.43. The van der Waals surface area contributed by atoms with Crippen molar-refractivity contribution in [1.29, 1.82) is 0 Å². The van der Waals surface area contributed by atoms with Crippen LogP contribution in [0.2, 0.25) is 0 Å². The molecule has 0 spiro atoms. The number of benzene rings is 1. The monoisotopic (exact) mass is 253 g/mol. The lowest BCUT2D eigenvalue weighted by Gasteiger charge is -2.29. The van der Waals surface area contributed by atoms with E-state index in [1.165, 1.54) is 24.1 Å². The number of halogens is 1. The molecule has 1 heterocycles. The van der Waals surface area contributed by atoms with Gasteiger partial charge in [0.1, 0.15) is 13.0 Å². The molecule has 1 aromatic rings. The largest absolute Gasteiger partial charge is 0.493 e. The fraction of sp³-hybridized carbons (Fsp3) is 0.333. The molecule has 1 aromatic carbocycles. The molecule has 0 unspecified atom stereocenters. The minimum atomic E-state index is -0.668. The van der Waals surface area contributed by atoms with Gasteiger partial charge >= 0.3 is 0 Å². The van der Waals surface area contributed by atoms with Gasteiger partial charge in [0, 0.05) is 5.56 Å². The minimum Gasteiger partial charge on any atom is -0.493 e. The van der Waals surface area contributed by atoms with Gasteiger partial charge in [-0.15, -0.1) is 0 Å². The number of methoxy groups -OCH3 is 1. The molecule has 0 bridgehead atoms. The second-order valence-electron chi connectivity index (χ2n) is 3.71. The van der Waals surface area contributed by atoms with E-state index in [1.54, 1.807) is 0 Å². The Bertz CT molecular complexity index is 489. The third-order valence-electron chi connectivity index (χ3n) is 2.65. The van der Waals surface area contributed by atoms with Gasteiger partial charge in [0.25, 0.3) is 5.91 Å². The first-order chi connectivity index (χ1) is 8.71. The molecule has 0 aromatic heterocycles. The van der Waals surface area contributed by atoms with E-state index in [-0.39, 0.29) is 19.1 Å². The van der Waals surface area contributed by atoms with Crippen LogP contribution in [0, 0.1) is 0 Å². The molecule has 0 aliphatic carbocycles. The number of rotatable bonds is 4. The van der Waals surface area contributed by atoms with Crippen LogP contribution in [-0.4, -0.2) is 39.1 Å². The second kappa shape index (κ2) is 5.03. The Kier molecular flexibility index (Phi) is 3.45. The minimum absolute atomic E-state index is 0.0688. The molecular formula is C12H12FNO4. The van der Waals surface area contributed by atoms with Crippen molar-refractivity contribution in [2.45, 2.75) is 0 Å². The summed E-state index contributed by atoms with van der Waals surface area (Å²) in [4.78, 5) is 23.7. The van der Waals surface area contributed by atoms with Crippen LogP contribution in [0.15, 0.2) is 12.1 Å². The highest BCUT2D eigenvalue weighted by Gasteiger charge is 2.28. The lowest BCUT2D eigenvalue weighted by molar-refractivity contribution is -0.121. The number of hydrogen-bond acceptors (Lipinski definition) is 4. The topological polar surface area (TPSA) is 55.8 Å². The third-order valence-corrected chi connectivity index (χ3v) is 2.65. The Morgan fingerprint density at radius 3 is 2.94 bits per heavy atom. The van der Waals surface area contributed by atoms with Crippen molar-refractivity contribution in [3.05, 3.63) is 17.7 Å². The number of fused-ring (bicyclic) bond motifs is 1. The molecule has 1 aliphatic heterocycles. The van der Waals surface area contributed by atoms with Gasteiger partial charge in [-0.2, -0.15) is 0 Å². The maximum atomic E-state index is 12.5. The molecule has 2 rings (SSSR count). The number of ether oxygens (including phenoxy) is 2. The molecule has 0 radical (unpaired) electrons. The quantitative estimate of drug-likeness (QED) is 0.757. The van der Waals surface area contributed by atoms with Gasteiger partial charge < -0.3 is 14.4 Å². The van der Waals surface area contributed by atoms with Gasteiger partial charge in [-0.1, -0.05) is 0 Å². The smallest absolute Gasteiger partial charge is 0.265 e. The summed E-state index contributed by atoms with van der Waals surface area (Å²) in [6.07, 6.45) is 0.634. The lowest BCUT2D eigenvalue weighted by Crippen LogP contribution is -2.40. The summed E-state index contributed by atoms with van der Waals surface area (Å²) >= 11 is 0. The SMILES string of the molecule is COc1cc(C=O)cc2c1OCC(=O)N2CCF. The van der Waals surface area contributed by atoms with Crippen LogP contribution in [0.1, 0.15) is 10.4 Å². The molecule has 96 valence electrons. The maximum absolute atomic E-state index is 12.5. The van der Waals surface area contributed by atoms with Crippen LogP contribution in [-0.2, 0) is 4.79 Å². The summed E-state index contributed by atoms with van der Waals surface area (Å²) in [6.45, 7) is -0.900. The average Bonchev–Trinajstić information content (AvgIpc) is 2.40. The number of anilines is 1. The van der Waals surface area contributed by atoms with Crippen LogP contribution in [0.3, 0.4) is 0 Å². The van der Waals surface area contributed by atoms with Crippen molar-refractivity contribution in [2.24, 2.45) is 0 Å². The van der Waals surface area contributed by atoms with Gasteiger partial charge in [0.15, 0.2) is 18.1 Å². The first-order valence-corrected chi connectivity index (χ1v) is 5.37. The molecule has 6 heteroatoms. The molecule has 0 atom stereocenters. The average molecular weight is 253 g/mol. The molecular weight excluding hydrogens is 241 g/mol. The standard InChI is InChI=1S/C12H12FNO4/c1-17-10-5-8(6-15)4-9-12(10)18-7-11(16)14(9)3-2-13/h4-6H,2-3,7H2,1H3. The zero-order chi connectivity index (χ0) is 13.1. The normalized spacial score (nSPS) is 13.9. The summed E-state index contributed by atoms with van der Waals surface area (Å²) in [5.74, 6) is 0.368. The highest BCUT2D eigenvalue weighted by atomic mass is 19.1. The van der Waals surface area contributed by atoms with E-state index in [0.717, 1.165) is 0 Å². The molecule has 18 heavy (non-hydrogen) atoms. The fourth-order valence-corrected chi connectivity index (χ4v) is 1.85. The number of carbonyl (C=O) groups excluding carboxylic acids is 2. The predicted molar refractivity (Wildman–Crippen MR) is 62.2 cm³/mol. The van der Waals surface area contributed by atoms with Gasteiger partial charge in [-0.25, -0.2) is 4.39 Å². The Labute approximate surface area is 103 Å². The molecule has 1 aliphatic rings. The van der Waals surface area contributed by atoms with Crippen LogP contribution < -0.4 is 14.4 Å². The van der Waals surface area contributed by atoms with Crippen LogP contribution in [0.25, 0.3) is 0 Å². The van der Waals surface area contributed by atoms with Crippen molar-refractivity contribution >= 4 is 17.9 Å². The number of amides is 1. The van der Waals surface area contributed by atoms with Gasteiger partial charge in [0.2, 0.25) is 0 Å². The molecule has 0 fully saturated rings. The number of carbonyl (C=O) groups is 2. The number of nitrogens with zero attached hydrogens (tertiary/aromatic N) is 1. The lowest BCUT2D eigenvalue weighted by atomic mass is 10.1. The van der Waals surface area contributed by atoms with E-state index in [2.05, 4.69) is 0 Å². The predicted octanol–water partition coefficient (Wildman–Crippen LogP) is 1.20. The number of aldehydes is 1. The summed E-state index contributed by atoms with van der Waals surface area (Å²) in [6, 6.07) is 2.99. The van der Waals surface area contributed by atoms with Crippen LogP contribution >= 0.6 is 0 Å². The Hall–Kier alpha value is -2.11. The van der Waals surface area contributed by atoms with E-state index < -0.39 is 6.67 Å². The zero-order valence-corrected chi connectivity index (χ0v) is 9.81. The van der Waals surface area contributed by atoms with Crippen LogP contribution in [0.4, 0.5) is 10.1 Å². The molecule has 1 amide bonds. The van der Waals surface area contributed by atoms with Crippen molar-refractivity contribution in [2.75, 3.05) is 31.8 Å². The van der Waals surface area contributed by atoms with Crippen LogP contribution in [0.5, 0.6) is 11.5 Å². The summed E-state index contributed by atoms with van der Waals surface area (Å²) in [5, 5.41) is 0. The number of hydrogen-bond donors (Lipinski definition) is 0. The van der Waals surface area contributed by atoms with Crippen molar-refractivity contribution in [1.82, 2.24) is 0 Å². The highest BCUT2D eigenvalue weighted by molar-refractivity contribution is 5.99. The Morgan fingerprint density at radius 1 is 1.56 bits per heavy atom. The molecule has 5 nitrogen and oxygen atoms in total. The second-order valence-corrected chi connectivity index (χ2v) is 3.71. The van der Waals surface area contributed by atoms with Crippen molar-refractivity contribution < 1.29 is 23.5 Å². The van der Waals surface area contributed by atoms with E-state index in [1.807, 2.05) is 0 Å². The maximum Gasteiger partial charge on any atom is 0.265 e. The van der Waals surface area contributed by atoms with Crippen molar-refractivity contribution in [3.63, 3.8) is 0 Å². The zero-order valence-electron chi connectivity index (χ0n) is 9.81. The summed E-state index contributed by atoms with van der Waals surface area (Å²) in [5.41, 5.74) is 0.707. The van der Waals surface area contributed by atoms with E-state index in [4.69, 9.17) is 9.47 Å².